The van der Waals surface area contributed by atoms with E-state index in [2.05, 4.69) is 9.97 Å². The molecule has 4 heteroatoms. The molecule has 1 heterocycles. The third kappa shape index (κ3) is 3.16. The number of aromatic nitrogens is 2. The van der Waals surface area contributed by atoms with Crippen molar-refractivity contribution in [3.05, 3.63) is 60.4 Å². The summed E-state index contributed by atoms with van der Waals surface area (Å²) in [7, 11) is 3.32. The molecule has 0 aliphatic carbocycles. The van der Waals surface area contributed by atoms with Crippen LogP contribution < -0.4 is 9.47 Å². The van der Waals surface area contributed by atoms with Crippen LogP contribution in [0.2, 0.25) is 0 Å². The third-order valence-corrected chi connectivity index (χ3v) is 3.75. The van der Waals surface area contributed by atoms with E-state index in [0.29, 0.717) is 0 Å². The highest BCUT2D eigenvalue weighted by Gasteiger charge is 2.07. The molecule has 0 bridgehead atoms. The summed E-state index contributed by atoms with van der Waals surface area (Å²) in [5.74, 6) is 1.67. The Morgan fingerprint density at radius 1 is 0.739 bits per heavy atom. The van der Waals surface area contributed by atoms with Gasteiger partial charge in [0, 0.05) is 11.1 Å². The molecule has 3 aromatic rings. The highest BCUT2D eigenvalue weighted by molar-refractivity contribution is 5.66. The lowest BCUT2D eigenvalue weighted by Crippen LogP contribution is -1.92. The van der Waals surface area contributed by atoms with Crippen molar-refractivity contribution in [1.29, 1.82) is 0 Å². The maximum Gasteiger partial charge on any atom is 0.119 e. The summed E-state index contributed by atoms with van der Waals surface area (Å²) in [5.41, 5.74) is 4.86. The summed E-state index contributed by atoms with van der Waals surface area (Å²) >= 11 is 0. The van der Waals surface area contributed by atoms with Crippen molar-refractivity contribution >= 4 is 0 Å². The fourth-order valence-corrected chi connectivity index (χ4v) is 2.43. The predicted molar refractivity (Wildman–Crippen MR) is 90.7 cm³/mol. The molecule has 0 fully saturated rings. The minimum Gasteiger partial charge on any atom is -0.497 e. The standard InChI is InChI=1S/C19H18N2O2/c1-13-10-16(23-3)8-9-17(13)19-12-20-18(11-21-19)14-4-6-15(22-2)7-5-14/h4-12H,1-3H3. The van der Waals surface area contributed by atoms with Gasteiger partial charge in [0.25, 0.3) is 0 Å². The molecule has 0 aliphatic heterocycles. The minimum atomic E-state index is 0.826. The Morgan fingerprint density at radius 3 is 1.91 bits per heavy atom. The van der Waals surface area contributed by atoms with Crippen LogP contribution in [-0.4, -0.2) is 24.2 Å². The predicted octanol–water partition coefficient (Wildman–Crippen LogP) is 4.14. The number of aryl methyl sites for hydroxylation is 1. The lowest BCUT2D eigenvalue weighted by Gasteiger charge is -2.08. The van der Waals surface area contributed by atoms with Gasteiger partial charge in [-0.05, 0) is 55.0 Å². The van der Waals surface area contributed by atoms with Gasteiger partial charge < -0.3 is 9.47 Å². The van der Waals surface area contributed by atoms with E-state index >= 15 is 0 Å². The van der Waals surface area contributed by atoms with Crippen LogP contribution in [0.4, 0.5) is 0 Å². The van der Waals surface area contributed by atoms with Crippen LogP contribution in [0.3, 0.4) is 0 Å². The molecule has 2 aromatic carbocycles. The first-order chi connectivity index (χ1) is 11.2. The second kappa shape index (κ2) is 6.48. The highest BCUT2D eigenvalue weighted by atomic mass is 16.5. The lowest BCUT2D eigenvalue weighted by molar-refractivity contribution is 0.414. The van der Waals surface area contributed by atoms with Crippen molar-refractivity contribution in [3.63, 3.8) is 0 Å². The third-order valence-electron chi connectivity index (χ3n) is 3.75. The van der Waals surface area contributed by atoms with Crippen LogP contribution in [0.15, 0.2) is 54.9 Å². The van der Waals surface area contributed by atoms with Crippen molar-refractivity contribution < 1.29 is 9.47 Å². The molecule has 0 amide bonds. The molecule has 0 N–H and O–H groups in total. The Hall–Kier alpha value is -2.88. The summed E-state index contributed by atoms with van der Waals surface area (Å²) in [6.07, 6.45) is 3.59. The second-order valence-electron chi connectivity index (χ2n) is 5.20. The van der Waals surface area contributed by atoms with Crippen LogP contribution >= 0.6 is 0 Å². The van der Waals surface area contributed by atoms with Gasteiger partial charge >= 0.3 is 0 Å². The molecule has 116 valence electrons. The van der Waals surface area contributed by atoms with Crippen LogP contribution in [0.1, 0.15) is 5.56 Å². The Balaban J connectivity index is 1.89. The topological polar surface area (TPSA) is 44.2 Å². The number of nitrogens with zero attached hydrogens (tertiary/aromatic N) is 2. The maximum absolute atomic E-state index is 5.24. The van der Waals surface area contributed by atoms with Crippen molar-refractivity contribution in [2.75, 3.05) is 14.2 Å². The van der Waals surface area contributed by atoms with Gasteiger partial charge in [0.15, 0.2) is 0 Å². The Morgan fingerprint density at radius 2 is 1.35 bits per heavy atom. The zero-order chi connectivity index (χ0) is 16.2. The van der Waals surface area contributed by atoms with Crippen LogP contribution in [0.5, 0.6) is 11.5 Å². The fourth-order valence-electron chi connectivity index (χ4n) is 2.43. The molecule has 0 saturated carbocycles. The van der Waals surface area contributed by atoms with Crippen LogP contribution in [0, 0.1) is 6.92 Å². The summed E-state index contributed by atoms with van der Waals surface area (Å²) in [4.78, 5) is 9.08. The number of ether oxygens (including phenoxy) is 2. The van der Waals surface area contributed by atoms with E-state index in [1.54, 1.807) is 26.6 Å². The van der Waals surface area contributed by atoms with Gasteiger partial charge in [-0.25, -0.2) is 0 Å². The van der Waals surface area contributed by atoms with Crippen molar-refractivity contribution in [3.8, 4) is 34.0 Å². The van der Waals surface area contributed by atoms with E-state index in [0.717, 1.165) is 39.6 Å². The van der Waals surface area contributed by atoms with Gasteiger partial charge in [-0.2, -0.15) is 0 Å². The molecule has 23 heavy (non-hydrogen) atoms. The Kier molecular flexibility index (Phi) is 4.24. The van der Waals surface area contributed by atoms with Gasteiger partial charge in [-0.15, -0.1) is 0 Å². The normalized spacial score (nSPS) is 10.4. The van der Waals surface area contributed by atoms with E-state index in [-0.39, 0.29) is 0 Å². The molecule has 0 saturated heterocycles. The average molecular weight is 306 g/mol. The van der Waals surface area contributed by atoms with Gasteiger partial charge in [0.1, 0.15) is 11.5 Å². The van der Waals surface area contributed by atoms with Gasteiger partial charge in [-0.3, -0.25) is 9.97 Å². The molecule has 0 atom stereocenters. The molecule has 3 rings (SSSR count). The SMILES string of the molecule is COc1ccc(-c2cnc(-c3ccc(OC)cc3C)cn2)cc1. The lowest BCUT2D eigenvalue weighted by atomic mass is 10.1. The Bertz CT molecular complexity index is 797. The van der Waals surface area contributed by atoms with E-state index in [1.807, 2.05) is 49.4 Å². The molecule has 0 aliphatic rings. The maximum atomic E-state index is 5.24. The quantitative estimate of drug-likeness (QED) is 0.727. The monoisotopic (exact) mass is 306 g/mol. The van der Waals surface area contributed by atoms with Crippen LogP contribution in [-0.2, 0) is 0 Å². The van der Waals surface area contributed by atoms with Gasteiger partial charge in [-0.1, -0.05) is 0 Å². The first-order valence-corrected chi connectivity index (χ1v) is 7.33. The molecule has 1 aromatic heterocycles. The summed E-state index contributed by atoms with van der Waals surface area (Å²) in [6, 6.07) is 13.7. The van der Waals surface area contributed by atoms with Crippen LogP contribution in [0.25, 0.3) is 22.5 Å². The van der Waals surface area contributed by atoms with Gasteiger partial charge in [0.05, 0.1) is 38.0 Å². The molecule has 4 nitrogen and oxygen atoms in total. The molecule has 0 unspecified atom stereocenters. The van der Waals surface area contributed by atoms with E-state index in [9.17, 15) is 0 Å². The van der Waals surface area contributed by atoms with Crippen molar-refractivity contribution in [2.24, 2.45) is 0 Å². The van der Waals surface area contributed by atoms with E-state index < -0.39 is 0 Å². The summed E-state index contributed by atoms with van der Waals surface area (Å²) in [5, 5.41) is 0. The molecule has 0 radical (unpaired) electrons. The zero-order valence-electron chi connectivity index (χ0n) is 13.4. The van der Waals surface area contributed by atoms with E-state index in [4.69, 9.17) is 9.47 Å². The summed E-state index contributed by atoms with van der Waals surface area (Å²) < 4.78 is 10.4. The molecular formula is C19H18N2O2. The zero-order valence-corrected chi connectivity index (χ0v) is 13.4. The Labute approximate surface area is 135 Å². The molecule has 0 spiro atoms. The molecular weight excluding hydrogens is 288 g/mol. The van der Waals surface area contributed by atoms with Crippen molar-refractivity contribution in [1.82, 2.24) is 9.97 Å². The number of rotatable bonds is 4. The minimum absolute atomic E-state index is 0.826. The van der Waals surface area contributed by atoms with Crippen molar-refractivity contribution in [2.45, 2.75) is 6.92 Å². The first kappa shape index (κ1) is 15.0. The second-order valence-corrected chi connectivity index (χ2v) is 5.20. The fraction of sp³-hybridized carbons (Fsp3) is 0.158. The summed E-state index contributed by atoms with van der Waals surface area (Å²) in [6.45, 7) is 2.04. The number of hydrogen-bond donors (Lipinski definition) is 0. The average Bonchev–Trinajstić information content (AvgIpc) is 2.62. The number of benzene rings is 2. The van der Waals surface area contributed by atoms with E-state index in [1.165, 1.54) is 0 Å². The number of hydrogen-bond acceptors (Lipinski definition) is 4. The highest BCUT2D eigenvalue weighted by Crippen LogP contribution is 2.26. The first-order valence-electron chi connectivity index (χ1n) is 7.33. The smallest absolute Gasteiger partial charge is 0.119 e. The largest absolute Gasteiger partial charge is 0.497 e. The van der Waals surface area contributed by atoms with Gasteiger partial charge in [0.2, 0.25) is 0 Å². The number of methoxy groups -OCH3 is 2.